The SMILES string of the molecule is C=CCCC[C@H](NC(=O)[C@H](Cc1ccc(F)cc1)NC(C)=O)C(N)=O. The van der Waals surface area contributed by atoms with Gasteiger partial charge in [0, 0.05) is 13.3 Å². The van der Waals surface area contributed by atoms with Gasteiger partial charge in [-0.15, -0.1) is 6.58 Å². The molecule has 0 unspecified atom stereocenters. The molecule has 0 saturated heterocycles. The third kappa shape index (κ3) is 7.60. The van der Waals surface area contributed by atoms with Crippen molar-refractivity contribution < 1.29 is 18.8 Å². The lowest BCUT2D eigenvalue weighted by atomic mass is 10.0. The normalized spacial score (nSPS) is 12.7. The molecule has 0 saturated carbocycles. The number of rotatable bonds is 10. The van der Waals surface area contributed by atoms with Crippen molar-refractivity contribution in [2.45, 2.75) is 44.7 Å². The van der Waals surface area contributed by atoms with Crippen molar-refractivity contribution in [3.05, 3.63) is 48.3 Å². The summed E-state index contributed by atoms with van der Waals surface area (Å²) >= 11 is 0. The van der Waals surface area contributed by atoms with E-state index in [2.05, 4.69) is 17.2 Å². The van der Waals surface area contributed by atoms with Gasteiger partial charge in [0.2, 0.25) is 17.7 Å². The molecule has 0 heterocycles. The number of nitrogens with two attached hydrogens (primary N) is 1. The second-order valence-electron chi connectivity index (χ2n) is 5.77. The lowest BCUT2D eigenvalue weighted by Gasteiger charge is -2.21. The highest BCUT2D eigenvalue weighted by atomic mass is 19.1. The van der Waals surface area contributed by atoms with Crippen LogP contribution in [-0.2, 0) is 20.8 Å². The molecule has 0 aliphatic rings. The maximum absolute atomic E-state index is 13.0. The molecule has 0 spiro atoms. The van der Waals surface area contributed by atoms with Gasteiger partial charge < -0.3 is 16.4 Å². The molecular formula is C18H24FN3O3. The fourth-order valence-corrected chi connectivity index (χ4v) is 2.34. The number of halogens is 1. The first-order valence-corrected chi connectivity index (χ1v) is 8.05. The Morgan fingerprint density at radius 3 is 2.36 bits per heavy atom. The lowest BCUT2D eigenvalue weighted by Crippen LogP contribution is -2.53. The van der Waals surface area contributed by atoms with Crippen LogP contribution in [0.3, 0.4) is 0 Å². The summed E-state index contributed by atoms with van der Waals surface area (Å²) in [4.78, 5) is 35.4. The van der Waals surface area contributed by atoms with E-state index in [1.54, 1.807) is 6.08 Å². The molecule has 3 amide bonds. The second kappa shape index (κ2) is 10.2. The van der Waals surface area contributed by atoms with Crippen LogP contribution in [-0.4, -0.2) is 29.8 Å². The van der Waals surface area contributed by atoms with Gasteiger partial charge in [0.05, 0.1) is 0 Å². The van der Waals surface area contributed by atoms with E-state index in [4.69, 9.17) is 5.73 Å². The minimum absolute atomic E-state index is 0.170. The van der Waals surface area contributed by atoms with E-state index >= 15 is 0 Å². The summed E-state index contributed by atoms with van der Waals surface area (Å²) in [5, 5.41) is 5.12. The fraction of sp³-hybridized carbons (Fsp3) is 0.389. The van der Waals surface area contributed by atoms with E-state index in [-0.39, 0.29) is 18.1 Å². The molecule has 6 nitrogen and oxygen atoms in total. The average Bonchev–Trinajstić information content (AvgIpc) is 2.54. The number of hydrogen-bond acceptors (Lipinski definition) is 3. The summed E-state index contributed by atoms with van der Waals surface area (Å²) in [5.74, 6) is -1.92. The van der Waals surface area contributed by atoms with Crippen molar-refractivity contribution in [1.82, 2.24) is 10.6 Å². The standard InChI is InChI=1S/C18H24FN3O3/c1-3-4-5-6-15(17(20)24)22-18(25)16(21-12(2)23)11-13-7-9-14(19)10-8-13/h3,7-10,15-16H,1,4-6,11H2,2H3,(H2,20,24)(H,21,23)(H,22,25)/t15-,16-/m0/s1. The molecule has 1 rings (SSSR count). The molecule has 25 heavy (non-hydrogen) atoms. The predicted molar refractivity (Wildman–Crippen MR) is 92.9 cm³/mol. The smallest absolute Gasteiger partial charge is 0.243 e. The Labute approximate surface area is 146 Å². The Morgan fingerprint density at radius 2 is 1.84 bits per heavy atom. The van der Waals surface area contributed by atoms with Gasteiger partial charge in [-0.05, 0) is 37.0 Å². The number of carbonyl (C=O) groups is 3. The first kappa shape index (κ1) is 20.3. The van der Waals surface area contributed by atoms with Crippen LogP contribution >= 0.6 is 0 Å². The number of carbonyl (C=O) groups excluding carboxylic acids is 3. The van der Waals surface area contributed by atoms with Crippen LogP contribution in [0.4, 0.5) is 4.39 Å². The van der Waals surface area contributed by atoms with E-state index in [0.717, 1.165) is 0 Å². The molecule has 0 aromatic heterocycles. The minimum atomic E-state index is -0.885. The molecule has 0 aliphatic carbocycles. The average molecular weight is 349 g/mol. The Morgan fingerprint density at radius 1 is 1.20 bits per heavy atom. The van der Waals surface area contributed by atoms with Crippen molar-refractivity contribution in [2.75, 3.05) is 0 Å². The maximum atomic E-state index is 13.0. The Kier molecular flexibility index (Phi) is 8.32. The van der Waals surface area contributed by atoms with Crippen LogP contribution in [0, 0.1) is 5.82 Å². The van der Waals surface area contributed by atoms with Crippen LogP contribution in [0.25, 0.3) is 0 Å². The van der Waals surface area contributed by atoms with Crippen molar-refractivity contribution in [1.29, 1.82) is 0 Å². The van der Waals surface area contributed by atoms with Crippen molar-refractivity contribution in [3.63, 3.8) is 0 Å². The number of amides is 3. The van der Waals surface area contributed by atoms with Crippen molar-refractivity contribution >= 4 is 17.7 Å². The Bertz CT molecular complexity index is 616. The van der Waals surface area contributed by atoms with Crippen LogP contribution in [0.5, 0.6) is 0 Å². The molecule has 0 radical (unpaired) electrons. The first-order valence-electron chi connectivity index (χ1n) is 8.05. The van der Waals surface area contributed by atoms with E-state index < -0.39 is 23.9 Å². The van der Waals surface area contributed by atoms with Crippen LogP contribution < -0.4 is 16.4 Å². The third-order valence-electron chi connectivity index (χ3n) is 3.61. The van der Waals surface area contributed by atoms with Gasteiger partial charge in [0.25, 0.3) is 0 Å². The number of hydrogen-bond donors (Lipinski definition) is 3. The lowest BCUT2D eigenvalue weighted by molar-refractivity contribution is -0.130. The van der Waals surface area contributed by atoms with Gasteiger partial charge in [-0.3, -0.25) is 14.4 Å². The zero-order valence-electron chi connectivity index (χ0n) is 14.3. The summed E-state index contributed by atoms with van der Waals surface area (Å²) in [7, 11) is 0. The van der Waals surface area contributed by atoms with E-state index in [1.807, 2.05) is 0 Å². The molecule has 1 aromatic carbocycles. The van der Waals surface area contributed by atoms with Gasteiger partial charge in [-0.1, -0.05) is 18.2 Å². The number of unbranched alkanes of at least 4 members (excludes halogenated alkanes) is 1. The molecule has 2 atom stereocenters. The molecule has 0 bridgehead atoms. The zero-order valence-corrected chi connectivity index (χ0v) is 14.3. The van der Waals surface area contributed by atoms with Crippen LogP contribution in [0.15, 0.2) is 36.9 Å². The third-order valence-corrected chi connectivity index (χ3v) is 3.61. The maximum Gasteiger partial charge on any atom is 0.243 e. The number of primary amides is 1. The molecule has 7 heteroatoms. The highest BCUT2D eigenvalue weighted by Crippen LogP contribution is 2.08. The monoisotopic (exact) mass is 349 g/mol. The Balaban J connectivity index is 2.79. The fourth-order valence-electron chi connectivity index (χ4n) is 2.34. The van der Waals surface area contributed by atoms with Gasteiger partial charge in [0.1, 0.15) is 17.9 Å². The summed E-state index contributed by atoms with van der Waals surface area (Å²) in [5.41, 5.74) is 6.01. The van der Waals surface area contributed by atoms with Gasteiger partial charge in [0.15, 0.2) is 0 Å². The molecule has 1 aromatic rings. The molecule has 0 aliphatic heterocycles. The first-order chi connectivity index (χ1) is 11.8. The molecule has 0 fully saturated rings. The van der Waals surface area contributed by atoms with Gasteiger partial charge >= 0.3 is 0 Å². The molecular weight excluding hydrogens is 325 g/mol. The van der Waals surface area contributed by atoms with E-state index in [9.17, 15) is 18.8 Å². The summed E-state index contributed by atoms with van der Waals surface area (Å²) < 4.78 is 13.0. The minimum Gasteiger partial charge on any atom is -0.368 e. The highest BCUT2D eigenvalue weighted by molar-refractivity contribution is 5.91. The van der Waals surface area contributed by atoms with Crippen LogP contribution in [0.2, 0.25) is 0 Å². The van der Waals surface area contributed by atoms with Crippen molar-refractivity contribution in [2.24, 2.45) is 5.73 Å². The summed E-state index contributed by atoms with van der Waals surface area (Å²) in [6.45, 7) is 4.89. The number of benzene rings is 1. The highest BCUT2D eigenvalue weighted by Gasteiger charge is 2.25. The van der Waals surface area contributed by atoms with Crippen molar-refractivity contribution in [3.8, 4) is 0 Å². The number of nitrogens with one attached hydrogen (secondary N) is 2. The summed E-state index contributed by atoms with van der Waals surface area (Å²) in [6.07, 6.45) is 3.62. The summed E-state index contributed by atoms with van der Waals surface area (Å²) in [6, 6.07) is 3.92. The molecule has 136 valence electrons. The topological polar surface area (TPSA) is 101 Å². The van der Waals surface area contributed by atoms with Crippen LogP contribution in [0.1, 0.15) is 31.7 Å². The quantitative estimate of drug-likeness (QED) is 0.437. The second-order valence-corrected chi connectivity index (χ2v) is 5.77. The predicted octanol–water partition coefficient (Wildman–Crippen LogP) is 1.20. The van der Waals surface area contributed by atoms with Gasteiger partial charge in [-0.25, -0.2) is 4.39 Å². The van der Waals surface area contributed by atoms with E-state index in [0.29, 0.717) is 24.8 Å². The molecule has 4 N–H and O–H groups in total. The van der Waals surface area contributed by atoms with Gasteiger partial charge in [-0.2, -0.15) is 0 Å². The zero-order chi connectivity index (χ0) is 18.8. The number of allylic oxidation sites excluding steroid dienone is 1. The Hall–Kier alpha value is -2.70. The largest absolute Gasteiger partial charge is 0.368 e. The van der Waals surface area contributed by atoms with E-state index in [1.165, 1.54) is 31.2 Å².